The quantitative estimate of drug-likeness (QED) is 0.155. The molecule has 0 bridgehead atoms. The predicted octanol–water partition coefficient (Wildman–Crippen LogP) is 2.83. The first-order valence-electron chi connectivity index (χ1n) is 11.6. The third kappa shape index (κ3) is 12.4. The maximum atomic E-state index is 12.5. The lowest BCUT2D eigenvalue weighted by Crippen LogP contribution is -2.25. The van der Waals surface area contributed by atoms with Gasteiger partial charge in [-0.25, -0.2) is 9.59 Å². The second-order valence-electron chi connectivity index (χ2n) is 6.65. The number of rotatable bonds is 20. The van der Waals surface area contributed by atoms with Crippen molar-refractivity contribution < 1.29 is 47.5 Å². The molecule has 0 aliphatic carbocycles. The molecule has 194 valence electrons. The molecular weight excluding hydrogens is 448 g/mol. The Balaban J connectivity index is 2.41. The van der Waals surface area contributed by atoms with Crippen LogP contribution < -0.4 is 0 Å². The second-order valence-corrected chi connectivity index (χ2v) is 6.65. The third-order valence-electron chi connectivity index (χ3n) is 4.21. The molecule has 1 rings (SSSR count). The summed E-state index contributed by atoms with van der Waals surface area (Å²) in [6.45, 7) is 10.3. The van der Waals surface area contributed by atoms with Gasteiger partial charge in [0.25, 0.3) is 0 Å². The zero-order valence-corrected chi connectivity index (χ0v) is 20.6. The second kappa shape index (κ2) is 19.2. The molecule has 0 amide bonds. The summed E-state index contributed by atoms with van der Waals surface area (Å²) in [5.41, 5.74) is 0.227. The Labute approximate surface area is 201 Å². The highest BCUT2D eigenvalue weighted by molar-refractivity contribution is 6.03. The molecule has 0 saturated heterocycles. The lowest BCUT2D eigenvalue weighted by Gasteiger charge is -2.17. The van der Waals surface area contributed by atoms with Crippen molar-refractivity contribution in [2.24, 2.45) is 0 Å². The predicted molar refractivity (Wildman–Crippen MR) is 123 cm³/mol. The van der Waals surface area contributed by atoms with Gasteiger partial charge in [-0.2, -0.15) is 0 Å². The van der Waals surface area contributed by atoms with Crippen LogP contribution in [0.4, 0.5) is 0 Å². The maximum Gasteiger partial charge on any atom is 0.339 e. The van der Waals surface area contributed by atoms with Crippen LogP contribution in [0.1, 0.15) is 48.4 Å². The standard InChI is InChI=1S/C24H38O10/c1-5-29-21(30-6-2)17-27-13-15-33-23(25)19-11-9-10-12-20(19)24(26)34-16-14-28-18-22(31-7-3)32-8-4/h9-12,21-22H,5-8,13-18H2,1-4H3. The Morgan fingerprint density at radius 2 is 0.971 bits per heavy atom. The molecule has 0 fully saturated rings. The molecule has 0 heterocycles. The van der Waals surface area contributed by atoms with Gasteiger partial charge in [0.1, 0.15) is 13.2 Å². The number of carbonyl (C=O) groups is 2. The summed E-state index contributed by atoms with van der Waals surface area (Å²) in [5, 5.41) is 0. The fourth-order valence-electron chi connectivity index (χ4n) is 2.77. The first-order chi connectivity index (χ1) is 16.6. The number of carbonyl (C=O) groups excluding carboxylic acids is 2. The van der Waals surface area contributed by atoms with Crippen molar-refractivity contribution in [3.8, 4) is 0 Å². The highest BCUT2D eigenvalue weighted by Crippen LogP contribution is 2.12. The fraction of sp³-hybridized carbons (Fsp3) is 0.667. The summed E-state index contributed by atoms with van der Waals surface area (Å²) in [5.74, 6) is -1.29. The minimum Gasteiger partial charge on any atom is -0.460 e. The molecule has 0 aliphatic heterocycles. The van der Waals surface area contributed by atoms with Gasteiger partial charge in [0, 0.05) is 26.4 Å². The molecule has 0 radical (unpaired) electrons. The molecule has 0 aliphatic rings. The average molecular weight is 487 g/mol. The molecule has 34 heavy (non-hydrogen) atoms. The summed E-state index contributed by atoms with van der Waals surface area (Å²) in [6.07, 6.45) is -0.927. The summed E-state index contributed by atoms with van der Waals surface area (Å²) in [7, 11) is 0. The van der Waals surface area contributed by atoms with Gasteiger partial charge in [-0.1, -0.05) is 12.1 Å². The van der Waals surface area contributed by atoms with E-state index in [2.05, 4.69) is 0 Å². The molecule has 0 unspecified atom stereocenters. The molecular formula is C24H38O10. The molecule has 10 nitrogen and oxygen atoms in total. The van der Waals surface area contributed by atoms with Crippen molar-refractivity contribution in [2.45, 2.75) is 40.3 Å². The van der Waals surface area contributed by atoms with E-state index in [1.807, 2.05) is 27.7 Å². The number of esters is 2. The zero-order chi connectivity index (χ0) is 25.0. The van der Waals surface area contributed by atoms with E-state index in [9.17, 15) is 9.59 Å². The SMILES string of the molecule is CCOC(COCCOC(=O)c1ccccc1C(=O)OCCOCC(OCC)OCC)OCC. The topological polar surface area (TPSA) is 108 Å². The van der Waals surface area contributed by atoms with Gasteiger partial charge >= 0.3 is 11.9 Å². The Kier molecular flexibility index (Phi) is 17.0. The smallest absolute Gasteiger partial charge is 0.339 e. The highest BCUT2D eigenvalue weighted by atomic mass is 16.7. The molecule has 10 heteroatoms. The molecule has 1 aromatic carbocycles. The van der Waals surface area contributed by atoms with Gasteiger partial charge in [-0.3, -0.25) is 0 Å². The van der Waals surface area contributed by atoms with Gasteiger partial charge in [0.15, 0.2) is 12.6 Å². The van der Waals surface area contributed by atoms with Gasteiger partial charge < -0.3 is 37.9 Å². The number of ether oxygens (including phenoxy) is 8. The number of benzene rings is 1. The van der Waals surface area contributed by atoms with Crippen molar-refractivity contribution in [3.63, 3.8) is 0 Å². The van der Waals surface area contributed by atoms with Crippen LogP contribution in [0.15, 0.2) is 24.3 Å². The van der Waals surface area contributed by atoms with E-state index in [4.69, 9.17) is 37.9 Å². The molecule has 0 spiro atoms. The molecule has 0 aromatic heterocycles. The van der Waals surface area contributed by atoms with Crippen LogP contribution >= 0.6 is 0 Å². The van der Waals surface area contributed by atoms with Crippen molar-refractivity contribution in [1.29, 1.82) is 0 Å². The average Bonchev–Trinajstić information content (AvgIpc) is 2.83. The van der Waals surface area contributed by atoms with Crippen molar-refractivity contribution >= 4 is 11.9 Å². The van der Waals surface area contributed by atoms with E-state index in [0.29, 0.717) is 26.4 Å². The minimum absolute atomic E-state index is 0.0157. The Morgan fingerprint density at radius 1 is 0.618 bits per heavy atom. The van der Waals surface area contributed by atoms with E-state index in [1.165, 1.54) is 12.1 Å². The van der Waals surface area contributed by atoms with E-state index in [-0.39, 0.29) is 50.8 Å². The minimum atomic E-state index is -0.644. The van der Waals surface area contributed by atoms with Crippen LogP contribution in [0.25, 0.3) is 0 Å². The lowest BCUT2D eigenvalue weighted by molar-refractivity contribution is -0.168. The van der Waals surface area contributed by atoms with E-state index < -0.39 is 24.5 Å². The summed E-state index contributed by atoms with van der Waals surface area (Å²) < 4.78 is 42.8. The van der Waals surface area contributed by atoms with Crippen molar-refractivity contribution in [1.82, 2.24) is 0 Å². The van der Waals surface area contributed by atoms with Gasteiger partial charge in [0.05, 0.1) is 37.6 Å². The van der Waals surface area contributed by atoms with Crippen molar-refractivity contribution in [2.75, 3.05) is 66.1 Å². The monoisotopic (exact) mass is 486 g/mol. The van der Waals surface area contributed by atoms with E-state index in [1.54, 1.807) is 12.1 Å². The van der Waals surface area contributed by atoms with Crippen LogP contribution in [0, 0.1) is 0 Å². The summed E-state index contributed by atoms with van der Waals surface area (Å²) in [6, 6.07) is 6.29. The first-order valence-corrected chi connectivity index (χ1v) is 11.6. The van der Waals surface area contributed by atoms with Crippen molar-refractivity contribution in [3.05, 3.63) is 35.4 Å². The highest BCUT2D eigenvalue weighted by Gasteiger charge is 2.19. The lowest BCUT2D eigenvalue weighted by atomic mass is 10.1. The van der Waals surface area contributed by atoms with Gasteiger partial charge in [-0.05, 0) is 39.8 Å². The summed E-state index contributed by atoms with van der Waals surface area (Å²) in [4.78, 5) is 24.9. The Morgan fingerprint density at radius 3 is 1.29 bits per heavy atom. The van der Waals surface area contributed by atoms with Crippen LogP contribution in [-0.2, 0) is 37.9 Å². The Bertz CT molecular complexity index is 612. The molecule has 0 N–H and O–H groups in total. The largest absolute Gasteiger partial charge is 0.460 e. The first kappa shape index (κ1) is 30.0. The molecule has 0 saturated carbocycles. The maximum absolute atomic E-state index is 12.5. The van der Waals surface area contributed by atoms with Crippen LogP contribution in [0.5, 0.6) is 0 Å². The van der Waals surface area contributed by atoms with Crippen LogP contribution in [-0.4, -0.2) is 90.6 Å². The summed E-state index contributed by atoms with van der Waals surface area (Å²) >= 11 is 0. The molecule has 1 aromatic rings. The molecule has 0 atom stereocenters. The fourth-order valence-corrected chi connectivity index (χ4v) is 2.77. The van der Waals surface area contributed by atoms with Gasteiger partial charge in [-0.15, -0.1) is 0 Å². The number of hydrogen-bond donors (Lipinski definition) is 0. The Hall–Kier alpha value is -2.08. The zero-order valence-electron chi connectivity index (χ0n) is 20.6. The third-order valence-corrected chi connectivity index (χ3v) is 4.21. The van der Waals surface area contributed by atoms with E-state index in [0.717, 1.165) is 0 Å². The van der Waals surface area contributed by atoms with Crippen LogP contribution in [0.2, 0.25) is 0 Å². The number of hydrogen-bond acceptors (Lipinski definition) is 10. The van der Waals surface area contributed by atoms with Gasteiger partial charge in [0.2, 0.25) is 0 Å². The van der Waals surface area contributed by atoms with Crippen LogP contribution in [0.3, 0.4) is 0 Å². The normalized spacial score (nSPS) is 11.2. The van der Waals surface area contributed by atoms with E-state index >= 15 is 0 Å².